The van der Waals surface area contributed by atoms with Gasteiger partial charge in [0.25, 0.3) is 11.1 Å². The molecule has 8 heteroatoms. The van der Waals surface area contributed by atoms with Gasteiger partial charge in [0.1, 0.15) is 10.7 Å². The Labute approximate surface area is 194 Å². The molecule has 1 aromatic carbocycles. The molecule has 0 unspecified atom stereocenters. The number of hydrogen-bond acceptors (Lipinski definition) is 6. The van der Waals surface area contributed by atoms with Gasteiger partial charge in [0.05, 0.1) is 22.0 Å². The average molecular weight is 467 g/mol. The Morgan fingerprint density at radius 1 is 1.09 bits per heavy atom. The van der Waals surface area contributed by atoms with E-state index in [0.29, 0.717) is 29.0 Å². The molecule has 0 bridgehead atoms. The highest BCUT2D eigenvalue weighted by Gasteiger charge is 2.23. The van der Waals surface area contributed by atoms with E-state index in [4.69, 9.17) is 9.97 Å². The fraction of sp³-hybridized carbons (Fsp3) is 0.417. The van der Waals surface area contributed by atoms with Crippen LogP contribution in [-0.2, 0) is 32.2 Å². The number of benzene rings is 1. The van der Waals surface area contributed by atoms with Crippen LogP contribution in [0.4, 0.5) is 0 Å². The van der Waals surface area contributed by atoms with Crippen LogP contribution >= 0.6 is 23.1 Å². The predicted octanol–water partition coefficient (Wildman–Crippen LogP) is 4.68. The molecule has 166 valence electrons. The normalized spacial score (nSPS) is 13.3. The third-order valence-electron chi connectivity index (χ3n) is 6.18. The van der Waals surface area contributed by atoms with Gasteiger partial charge in [-0.2, -0.15) is 0 Å². The minimum Gasteiger partial charge on any atom is -0.299 e. The van der Waals surface area contributed by atoms with Gasteiger partial charge in [-0.05, 0) is 43.4 Å². The summed E-state index contributed by atoms with van der Waals surface area (Å²) in [6.07, 6.45) is 6.30. The summed E-state index contributed by atoms with van der Waals surface area (Å²) in [6.45, 7) is 2.84. The molecule has 0 amide bonds. The molecule has 0 saturated heterocycles. The standard InChI is InChI=1S/C24H26N4O2S2/c1-3-4-7-13-28-23(30)20-16-10-8-12-18(16)32-21(20)26-24(28)31-14-19-25-17-11-6-5-9-15(17)22(29)27(19)2/h5-6,9,11H,3-4,7-8,10,12-14H2,1-2H3. The molecule has 5 rings (SSSR count). The topological polar surface area (TPSA) is 69.8 Å². The summed E-state index contributed by atoms with van der Waals surface area (Å²) in [5.74, 6) is 1.16. The fourth-order valence-corrected chi connectivity index (χ4v) is 6.72. The first kappa shape index (κ1) is 21.4. The van der Waals surface area contributed by atoms with Gasteiger partial charge in [0, 0.05) is 18.5 Å². The Balaban J connectivity index is 1.54. The molecule has 4 aromatic rings. The minimum absolute atomic E-state index is 0.0513. The highest BCUT2D eigenvalue weighted by Crippen LogP contribution is 2.36. The van der Waals surface area contributed by atoms with Crippen LogP contribution in [0, 0.1) is 0 Å². The Kier molecular flexibility index (Phi) is 5.90. The van der Waals surface area contributed by atoms with E-state index in [-0.39, 0.29) is 11.1 Å². The van der Waals surface area contributed by atoms with E-state index in [1.165, 1.54) is 22.2 Å². The quantitative estimate of drug-likeness (QED) is 0.225. The summed E-state index contributed by atoms with van der Waals surface area (Å²) in [6, 6.07) is 7.41. The lowest BCUT2D eigenvalue weighted by Gasteiger charge is -2.13. The molecule has 0 atom stereocenters. The molecule has 1 aliphatic carbocycles. The molecule has 0 saturated carbocycles. The summed E-state index contributed by atoms with van der Waals surface area (Å²) >= 11 is 3.17. The zero-order chi connectivity index (χ0) is 22.2. The molecule has 32 heavy (non-hydrogen) atoms. The van der Waals surface area contributed by atoms with Gasteiger partial charge in [-0.1, -0.05) is 43.7 Å². The number of nitrogens with zero attached hydrogens (tertiary/aromatic N) is 4. The second-order valence-corrected chi connectivity index (χ2v) is 10.3. The second kappa shape index (κ2) is 8.83. The maximum atomic E-state index is 13.5. The number of unbranched alkanes of at least 4 members (excludes halogenated alkanes) is 2. The van der Waals surface area contributed by atoms with Crippen LogP contribution in [0.25, 0.3) is 21.1 Å². The molecular formula is C24H26N4O2S2. The molecule has 1 aliphatic rings. The Bertz CT molecular complexity index is 1430. The van der Waals surface area contributed by atoms with E-state index in [0.717, 1.165) is 53.9 Å². The molecule has 0 aliphatic heterocycles. The highest BCUT2D eigenvalue weighted by atomic mass is 32.2. The van der Waals surface area contributed by atoms with E-state index in [1.807, 2.05) is 22.8 Å². The lowest BCUT2D eigenvalue weighted by atomic mass is 10.2. The largest absolute Gasteiger partial charge is 0.299 e. The van der Waals surface area contributed by atoms with Crippen LogP contribution in [0.2, 0.25) is 0 Å². The van der Waals surface area contributed by atoms with E-state index in [1.54, 1.807) is 29.0 Å². The first-order valence-electron chi connectivity index (χ1n) is 11.2. The van der Waals surface area contributed by atoms with Crippen molar-refractivity contribution >= 4 is 44.2 Å². The zero-order valence-corrected chi connectivity index (χ0v) is 20.0. The van der Waals surface area contributed by atoms with Crippen LogP contribution in [0.5, 0.6) is 0 Å². The van der Waals surface area contributed by atoms with Gasteiger partial charge >= 0.3 is 0 Å². The molecule has 3 heterocycles. The number of rotatable bonds is 7. The highest BCUT2D eigenvalue weighted by molar-refractivity contribution is 7.98. The Morgan fingerprint density at radius 3 is 2.78 bits per heavy atom. The number of aryl methyl sites for hydroxylation is 2. The minimum atomic E-state index is -0.0513. The summed E-state index contributed by atoms with van der Waals surface area (Å²) < 4.78 is 3.46. The third-order valence-corrected chi connectivity index (χ3v) is 8.34. The van der Waals surface area contributed by atoms with Gasteiger partial charge in [-0.25, -0.2) is 9.97 Å². The van der Waals surface area contributed by atoms with Crippen molar-refractivity contribution in [1.82, 2.24) is 19.1 Å². The summed E-state index contributed by atoms with van der Waals surface area (Å²) in [5.41, 5.74) is 1.96. The zero-order valence-electron chi connectivity index (χ0n) is 18.4. The van der Waals surface area contributed by atoms with Crippen molar-refractivity contribution in [2.75, 3.05) is 0 Å². The van der Waals surface area contributed by atoms with E-state index in [2.05, 4.69) is 6.92 Å². The van der Waals surface area contributed by atoms with Crippen molar-refractivity contribution < 1.29 is 0 Å². The van der Waals surface area contributed by atoms with Crippen molar-refractivity contribution in [1.29, 1.82) is 0 Å². The molecule has 0 spiro atoms. The number of para-hydroxylation sites is 1. The average Bonchev–Trinajstić information content (AvgIpc) is 3.38. The summed E-state index contributed by atoms with van der Waals surface area (Å²) in [7, 11) is 1.76. The molecule has 0 N–H and O–H groups in total. The van der Waals surface area contributed by atoms with Gasteiger partial charge in [0.2, 0.25) is 0 Å². The van der Waals surface area contributed by atoms with Crippen molar-refractivity contribution in [2.45, 2.75) is 62.9 Å². The van der Waals surface area contributed by atoms with Crippen LogP contribution in [-0.4, -0.2) is 19.1 Å². The first-order valence-corrected chi connectivity index (χ1v) is 13.0. The molecule has 0 radical (unpaired) electrons. The van der Waals surface area contributed by atoms with E-state index in [9.17, 15) is 9.59 Å². The molecule has 3 aromatic heterocycles. The Morgan fingerprint density at radius 2 is 1.94 bits per heavy atom. The summed E-state index contributed by atoms with van der Waals surface area (Å²) in [5, 5.41) is 2.17. The maximum absolute atomic E-state index is 13.5. The number of thiophene rings is 1. The first-order chi connectivity index (χ1) is 15.6. The fourth-order valence-electron chi connectivity index (χ4n) is 4.41. The number of hydrogen-bond donors (Lipinski definition) is 0. The van der Waals surface area contributed by atoms with Gasteiger partial charge in [0.15, 0.2) is 5.16 Å². The lowest BCUT2D eigenvalue weighted by Crippen LogP contribution is -2.24. The number of aromatic nitrogens is 4. The van der Waals surface area contributed by atoms with Crippen LogP contribution in [0.1, 0.15) is 48.9 Å². The smallest absolute Gasteiger partial charge is 0.263 e. The van der Waals surface area contributed by atoms with Crippen molar-refractivity contribution in [3.8, 4) is 0 Å². The summed E-state index contributed by atoms with van der Waals surface area (Å²) in [4.78, 5) is 38.1. The SMILES string of the molecule is CCCCCn1c(SCc2nc3ccccc3c(=O)n2C)nc2sc3c(c2c1=O)CCC3. The lowest BCUT2D eigenvalue weighted by molar-refractivity contribution is 0.541. The Hall–Kier alpha value is -2.45. The molecule has 0 fully saturated rings. The maximum Gasteiger partial charge on any atom is 0.263 e. The van der Waals surface area contributed by atoms with Crippen molar-refractivity contribution in [2.24, 2.45) is 7.05 Å². The number of fused-ring (bicyclic) bond motifs is 4. The van der Waals surface area contributed by atoms with Crippen molar-refractivity contribution in [3.05, 3.63) is 61.2 Å². The van der Waals surface area contributed by atoms with Crippen molar-refractivity contribution in [3.63, 3.8) is 0 Å². The van der Waals surface area contributed by atoms with Gasteiger partial charge in [-0.3, -0.25) is 18.7 Å². The van der Waals surface area contributed by atoms with E-state index < -0.39 is 0 Å². The van der Waals surface area contributed by atoms with Gasteiger partial charge < -0.3 is 0 Å². The van der Waals surface area contributed by atoms with E-state index >= 15 is 0 Å². The third kappa shape index (κ3) is 3.69. The van der Waals surface area contributed by atoms with Gasteiger partial charge in [-0.15, -0.1) is 11.3 Å². The monoisotopic (exact) mass is 466 g/mol. The molecule has 6 nitrogen and oxygen atoms in total. The van der Waals surface area contributed by atoms with Crippen LogP contribution in [0.3, 0.4) is 0 Å². The predicted molar refractivity (Wildman–Crippen MR) is 132 cm³/mol. The number of thioether (sulfide) groups is 1. The van der Waals surface area contributed by atoms with Crippen LogP contribution in [0.15, 0.2) is 39.0 Å². The molecular weight excluding hydrogens is 440 g/mol. The second-order valence-electron chi connectivity index (χ2n) is 8.29. The van der Waals surface area contributed by atoms with Crippen LogP contribution < -0.4 is 11.1 Å².